The molecule has 8 heteroatoms. The van der Waals surface area contributed by atoms with Crippen molar-refractivity contribution >= 4 is 40.7 Å². The summed E-state index contributed by atoms with van der Waals surface area (Å²) in [5, 5.41) is 8.11. The Labute approximate surface area is 153 Å². The fraction of sp³-hybridized carbons (Fsp3) is 0.118. The van der Waals surface area contributed by atoms with Gasteiger partial charge in [-0.25, -0.2) is 4.68 Å². The summed E-state index contributed by atoms with van der Waals surface area (Å²) in [5.74, 6) is 0.169. The summed E-state index contributed by atoms with van der Waals surface area (Å²) < 4.78 is 1.56. The minimum absolute atomic E-state index is 0.210. The van der Waals surface area contributed by atoms with Crippen LogP contribution in [0.5, 0.6) is 0 Å². The summed E-state index contributed by atoms with van der Waals surface area (Å²) >= 11 is 12.5. The van der Waals surface area contributed by atoms with Crippen LogP contribution in [0.1, 0.15) is 17.0 Å². The molecular formula is C17H13Cl2N5O. The zero-order chi connectivity index (χ0) is 17.6. The van der Waals surface area contributed by atoms with Crippen LogP contribution < -0.4 is 11.1 Å². The normalized spacial score (nSPS) is 16.4. The summed E-state index contributed by atoms with van der Waals surface area (Å²) in [6, 6.07) is 8.81. The predicted molar refractivity (Wildman–Crippen MR) is 97.3 cm³/mol. The molecule has 1 atom stereocenters. The number of amides is 1. The van der Waals surface area contributed by atoms with Crippen molar-refractivity contribution in [3.63, 3.8) is 0 Å². The van der Waals surface area contributed by atoms with Crippen LogP contribution in [0.15, 0.2) is 42.7 Å². The van der Waals surface area contributed by atoms with Crippen molar-refractivity contribution < 1.29 is 4.79 Å². The van der Waals surface area contributed by atoms with Gasteiger partial charge in [-0.3, -0.25) is 9.78 Å². The molecule has 0 aliphatic carbocycles. The molecule has 3 heterocycles. The van der Waals surface area contributed by atoms with Gasteiger partial charge in [0.25, 0.3) is 0 Å². The highest BCUT2D eigenvalue weighted by Gasteiger charge is 2.34. The van der Waals surface area contributed by atoms with Crippen LogP contribution >= 0.6 is 23.2 Å². The van der Waals surface area contributed by atoms with Gasteiger partial charge in [0.15, 0.2) is 5.82 Å². The number of nitrogens with two attached hydrogens (primary N) is 1. The predicted octanol–water partition coefficient (Wildman–Crippen LogP) is 3.43. The Morgan fingerprint density at radius 3 is 2.64 bits per heavy atom. The molecular weight excluding hydrogens is 361 g/mol. The fourth-order valence-electron chi connectivity index (χ4n) is 3.02. The summed E-state index contributed by atoms with van der Waals surface area (Å²) in [6.45, 7) is 0. The summed E-state index contributed by atoms with van der Waals surface area (Å²) in [4.78, 5) is 16.7. The molecule has 1 aliphatic heterocycles. The van der Waals surface area contributed by atoms with E-state index in [0.717, 1.165) is 11.3 Å². The summed E-state index contributed by atoms with van der Waals surface area (Å²) in [7, 11) is 0. The van der Waals surface area contributed by atoms with E-state index in [4.69, 9.17) is 28.9 Å². The lowest BCUT2D eigenvalue weighted by Crippen LogP contribution is -2.28. The first-order chi connectivity index (χ1) is 12.1. The molecule has 0 saturated heterocycles. The fourth-order valence-corrected chi connectivity index (χ4v) is 3.68. The van der Waals surface area contributed by atoms with Crippen LogP contribution in [0.25, 0.3) is 5.69 Å². The lowest BCUT2D eigenvalue weighted by Gasteiger charge is -2.23. The van der Waals surface area contributed by atoms with E-state index >= 15 is 0 Å². The SMILES string of the molecule is Nc1c2c(nn1-c1cccnc1)NC(=O)C(c1c(Cl)cccc1Cl)C2. The number of nitrogen functional groups attached to an aromatic ring is 1. The molecule has 3 aromatic rings. The number of fused-ring (bicyclic) bond motifs is 1. The molecule has 126 valence electrons. The second-order valence-electron chi connectivity index (χ2n) is 5.72. The Bertz CT molecular complexity index is 950. The topological polar surface area (TPSA) is 85.8 Å². The van der Waals surface area contributed by atoms with Gasteiger partial charge in [0.05, 0.1) is 17.8 Å². The number of nitrogens with one attached hydrogen (secondary N) is 1. The smallest absolute Gasteiger partial charge is 0.233 e. The van der Waals surface area contributed by atoms with Gasteiger partial charge >= 0.3 is 0 Å². The first kappa shape index (κ1) is 15.9. The lowest BCUT2D eigenvalue weighted by molar-refractivity contribution is -0.117. The standard InChI is InChI=1S/C17H13Cl2N5O/c18-12-4-1-5-13(19)14(12)10-7-11-15(20)24(9-3-2-6-21-8-9)23-16(11)22-17(10)25/h1-6,8,10H,7,20H2,(H,22,23,25). The molecule has 0 radical (unpaired) electrons. The molecule has 2 aromatic heterocycles. The van der Waals surface area contributed by atoms with Crippen molar-refractivity contribution in [2.24, 2.45) is 0 Å². The molecule has 0 saturated carbocycles. The third-order valence-electron chi connectivity index (χ3n) is 4.23. The highest BCUT2D eigenvalue weighted by atomic mass is 35.5. The number of nitrogens with zero attached hydrogens (tertiary/aromatic N) is 3. The Hall–Kier alpha value is -2.57. The molecule has 3 N–H and O–H groups in total. The number of rotatable bonds is 2. The third kappa shape index (κ3) is 2.63. The van der Waals surface area contributed by atoms with Crippen molar-refractivity contribution in [2.45, 2.75) is 12.3 Å². The molecule has 6 nitrogen and oxygen atoms in total. The maximum absolute atomic E-state index is 12.6. The maximum Gasteiger partial charge on any atom is 0.233 e. The highest BCUT2D eigenvalue weighted by molar-refractivity contribution is 6.36. The summed E-state index contributed by atoms with van der Waals surface area (Å²) in [5.41, 5.74) is 8.35. The summed E-state index contributed by atoms with van der Waals surface area (Å²) in [6.07, 6.45) is 3.69. The minimum Gasteiger partial charge on any atom is -0.383 e. The highest BCUT2D eigenvalue weighted by Crippen LogP contribution is 2.40. The van der Waals surface area contributed by atoms with Gasteiger partial charge in [-0.1, -0.05) is 29.3 Å². The van der Waals surface area contributed by atoms with E-state index in [-0.39, 0.29) is 5.91 Å². The monoisotopic (exact) mass is 373 g/mol. The number of anilines is 2. The number of benzene rings is 1. The zero-order valence-electron chi connectivity index (χ0n) is 12.9. The van der Waals surface area contributed by atoms with Gasteiger partial charge in [-0.15, -0.1) is 5.10 Å². The Kier molecular flexibility index (Phi) is 3.86. The van der Waals surface area contributed by atoms with Gasteiger partial charge in [0, 0.05) is 27.4 Å². The van der Waals surface area contributed by atoms with Gasteiger partial charge in [-0.2, -0.15) is 0 Å². The second-order valence-corrected chi connectivity index (χ2v) is 6.53. The first-order valence-corrected chi connectivity index (χ1v) is 8.34. The molecule has 1 aromatic carbocycles. The van der Waals surface area contributed by atoms with Crippen LogP contribution in [-0.2, 0) is 11.2 Å². The average molecular weight is 374 g/mol. The van der Waals surface area contributed by atoms with Crippen molar-refractivity contribution in [2.75, 3.05) is 11.1 Å². The van der Waals surface area contributed by atoms with E-state index in [1.165, 1.54) is 0 Å². The molecule has 0 bridgehead atoms. The molecule has 0 fully saturated rings. The lowest BCUT2D eigenvalue weighted by atomic mass is 9.89. The zero-order valence-corrected chi connectivity index (χ0v) is 14.4. The van der Waals surface area contributed by atoms with Gasteiger partial charge in [0.1, 0.15) is 5.82 Å². The molecule has 4 rings (SSSR count). The van der Waals surface area contributed by atoms with Crippen LogP contribution in [0.4, 0.5) is 11.6 Å². The van der Waals surface area contributed by atoms with Crippen LogP contribution in [0.2, 0.25) is 10.0 Å². The number of aromatic nitrogens is 3. The average Bonchev–Trinajstić information content (AvgIpc) is 2.92. The van der Waals surface area contributed by atoms with Crippen molar-refractivity contribution in [3.8, 4) is 5.69 Å². The number of halogens is 2. The van der Waals surface area contributed by atoms with Crippen LogP contribution in [0.3, 0.4) is 0 Å². The largest absolute Gasteiger partial charge is 0.383 e. The molecule has 1 unspecified atom stereocenters. The van der Waals surface area contributed by atoms with Gasteiger partial charge < -0.3 is 11.1 Å². The van der Waals surface area contributed by atoms with Crippen LogP contribution in [-0.4, -0.2) is 20.7 Å². The number of pyridine rings is 1. The minimum atomic E-state index is -0.525. The Balaban J connectivity index is 1.78. The van der Waals surface area contributed by atoms with E-state index in [0.29, 0.717) is 33.7 Å². The van der Waals surface area contributed by atoms with Gasteiger partial charge in [0.2, 0.25) is 5.91 Å². The maximum atomic E-state index is 12.6. The van der Waals surface area contributed by atoms with E-state index in [9.17, 15) is 4.79 Å². The van der Waals surface area contributed by atoms with E-state index in [1.807, 2.05) is 6.07 Å². The van der Waals surface area contributed by atoms with Crippen molar-refractivity contribution in [1.29, 1.82) is 0 Å². The quantitative estimate of drug-likeness (QED) is 0.720. The number of hydrogen-bond acceptors (Lipinski definition) is 4. The molecule has 25 heavy (non-hydrogen) atoms. The van der Waals surface area contributed by atoms with E-state index < -0.39 is 5.92 Å². The first-order valence-electron chi connectivity index (χ1n) is 7.59. The number of hydrogen-bond donors (Lipinski definition) is 2. The Morgan fingerprint density at radius 2 is 1.96 bits per heavy atom. The second kappa shape index (κ2) is 6.06. The van der Waals surface area contributed by atoms with E-state index in [2.05, 4.69) is 15.4 Å². The Morgan fingerprint density at radius 1 is 1.20 bits per heavy atom. The van der Waals surface area contributed by atoms with Crippen molar-refractivity contribution in [1.82, 2.24) is 14.8 Å². The van der Waals surface area contributed by atoms with Gasteiger partial charge in [-0.05, 0) is 30.7 Å². The third-order valence-corrected chi connectivity index (χ3v) is 4.89. The van der Waals surface area contributed by atoms with Crippen molar-refractivity contribution in [3.05, 3.63) is 63.9 Å². The molecule has 1 amide bonds. The number of carbonyl (C=O) groups is 1. The number of carbonyl (C=O) groups excluding carboxylic acids is 1. The molecule has 0 spiro atoms. The van der Waals surface area contributed by atoms with Crippen LogP contribution in [0, 0.1) is 0 Å². The molecule has 1 aliphatic rings. The van der Waals surface area contributed by atoms with E-state index in [1.54, 1.807) is 41.3 Å².